The van der Waals surface area contributed by atoms with Crippen LogP contribution in [0.4, 0.5) is 0 Å². The van der Waals surface area contributed by atoms with E-state index in [0.717, 1.165) is 24.1 Å². The Labute approximate surface area is 128 Å². The molecular formula is C16H19N3O3. The second-order valence-electron chi connectivity index (χ2n) is 5.76. The monoisotopic (exact) mass is 301 g/mol. The summed E-state index contributed by atoms with van der Waals surface area (Å²) in [4.78, 5) is 28.7. The summed E-state index contributed by atoms with van der Waals surface area (Å²) >= 11 is 0. The molecule has 6 nitrogen and oxygen atoms in total. The Morgan fingerprint density at radius 2 is 2.00 bits per heavy atom. The van der Waals surface area contributed by atoms with Crippen molar-refractivity contribution in [3.63, 3.8) is 0 Å². The van der Waals surface area contributed by atoms with E-state index in [1.165, 1.54) is 5.56 Å². The summed E-state index contributed by atoms with van der Waals surface area (Å²) < 4.78 is 0. The first-order valence-corrected chi connectivity index (χ1v) is 7.48. The SMILES string of the molecule is Cc1ccc(C2=NOC(C(=O)NCC(=O)NC3CC3)C2)cc1. The van der Waals surface area contributed by atoms with Crippen LogP contribution in [0.5, 0.6) is 0 Å². The standard InChI is InChI=1S/C16H19N3O3/c1-10-2-4-11(5-3-10)13-8-14(22-19-13)16(21)17-9-15(20)18-12-6-7-12/h2-5,12,14H,6-9H2,1H3,(H,17,21)(H,18,20). The third-order valence-electron chi connectivity index (χ3n) is 3.71. The van der Waals surface area contributed by atoms with Crippen molar-refractivity contribution in [2.45, 2.75) is 38.3 Å². The predicted molar refractivity (Wildman–Crippen MR) is 81.4 cm³/mol. The van der Waals surface area contributed by atoms with Crippen LogP contribution in [0.1, 0.15) is 30.4 Å². The highest BCUT2D eigenvalue weighted by atomic mass is 16.6. The van der Waals surface area contributed by atoms with E-state index in [9.17, 15) is 9.59 Å². The van der Waals surface area contributed by atoms with Gasteiger partial charge in [-0.2, -0.15) is 0 Å². The van der Waals surface area contributed by atoms with Crippen LogP contribution in [0, 0.1) is 6.92 Å². The molecule has 1 saturated carbocycles. The lowest BCUT2D eigenvalue weighted by Gasteiger charge is -2.09. The molecule has 1 atom stereocenters. The fourth-order valence-electron chi connectivity index (χ4n) is 2.22. The molecule has 0 aromatic heterocycles. The van der Waals surface area contributed by atoms with Gasteiger partial charge in [0.1, 0.15) is 0 Å². The second kappa shape index (κ2) is 6.17. The molecule has 2 aliphatic rings. The minimum atomic E-state index is -0.662. The van der Waals surface area contributed by atoms with Crippen molar-refractivity contribution < 1.29 is 14.4 Å². The van der Waals surface area contributed by atoms with E-state index in [4.69, 9.17) is 4.84 Å². The average Bonchev–Trinajstić information content (AvgIpc) is 3.18. The predicted octanol–water partition coefficient (Wildman–Crippen LogP) is 0.883. The molecule has 0 bridgehead atoms. The third-order valence-corrected chi connectivity index (χ3v) is 3.71. The van der Waals surface area contributed by atoms with Gasteiger partial charge in [-0.3, -0.25) is 9.59 Å². The highest BCUT2D eigenvalue weighted by Gasteiger charge is 2.29. The number of carbonyl (C=O) groups is 2. The zero-order chi connectivity index (χ0) is 15.5. The number of benzene rings is 1. The molecule has 22 heavy (non-hydrogen) atoms. The Bertz CT molecular complexity index is 606. The van der Waals surface area contributed by atoms with E-state index in [0.29, 0.717) is 12.5 Å². The summed E-state index contributed by atoms with van der Waals surface area (Å²) in [6.45, 7) is 1.99. The summed E-state index contributed by atoms with van der Waals surface area (Å²) in [5, 5.41) is 9.38. The van der Waals surface area contributed by atoms with Gasteiger partial charge >= 0.3 is 0 Å². The summed E-state index contributed by atoms with van der Waals surface area (Å²) in [5.41, 5.74) is 2.87. The number of carbonyl (C=O) groups excluding carboxylic acids is 2. The minimum Gasteiger partial charge on any atom is -0.382 e. The van der Waals surface area contributed by atoms with E-state index >= 15 is 0 Å². The molecule has 3 rings (SSSR count). The van der Waals surface area contributed by atoms with Crippen LogP contribution < -0.4 is 10.6 Å². The number of aryl methyl sites for hydroxylation is 1. The Balaban J connectivity index is 1.47. The van der Waals surface area contributed by atoms with Crippen LogP contribution >= 0.6 is 0 Å². The Morgan fingerprint density at radius 1 is 1.27 bits per heavy atom. The average molecular weight is 301 g/mol. The van der Waals surface area contributed by atoms with Gasteiger partial charge in [-0.15, -0.1) is 0 Å². The van der Waals surface area contributed by atoms with Crippen molar-refractivity contribution in [1.29, 1.82) is 0 Å². The summed E-state index contributed by atoms with van der Waals surface area (Å²) in [7, 11) is 0. The number of oxime groups is 1. The number of amides is 2. The van der Waals surface area contributed by atoms with Gasteiger partial charge in [0.05, 0.1) is 12.3 Å². The van der Waals surface area contributed by atoms with Crippen LogP contribution in [0.25, 0.3) is 0 Å². The maximum absolute atomic E-state index is 12.0. The molecule has 6 heteroatoms. The molecule has 1 aliphatic heterocycles. The molecule has 2 N–H and O–H groups in total. The van der Waals surface area contributed by atoms with E-state index in [1.807, 2.05) is 31.2 Å². The summed E-state index contributed by atoms with van der Waals surface area (Å²) in [5.74, 6) is -0.467. The molecule has 116 valence electrons. The number of hydrogen-bond acceptors (Lipinski definition) is 4. The number of hydrogen-bond donors (Lipinski definition) is 2. The molecule has 2 amide bonds. The molecule has 1 fully saturated rings. The van der Waals surface area contributed by atoms with Crippen LogP contribution in [0.2, 0.25) is 0 Å². The van der Waals surface area contributed by atoms with Gasteiger partial charge in [0.2, 0.25) is 12.0 Å². The normalized spacial score (nSPS) is 20.0. The molecule has 1 aliphatic carbocycles. The van der Waals surface area contributed by atoms with Gasteiger partial charge < -0.3 is 15.5 Å². The summed E-state index contributed by atoms with van der Waals surface area (Å²) in [6.07, 6.45) is 1.81. The Kier molecular flexibility index (Phi) is 4.09. The fourth-order valence-corrected chi connectivity index (χ4v) is 2.22. The first-order valence-electron chi connectivity index (χ1n) is 7.48. The Morgan fingerprint density at radius 3 is 2.68 bits per heavy atom. The van der Waals surface area contributed by atoms with Crippen molar-refractivity contribution in [2.75, 3.05) is 6.54 Å². The molecule has 1 aromatic rings. The van der Waals surface area contributed by atoms with Gasteiger partial charge in [-0.05, 0) is 25.3 Å². The molecule has 0 spiro atoms. The zero-order valence-electron chi connectivity index (χ0n) is 12.5. The van der Waals surface area contributed by atoms with E-state index in [1.54, 1.807) is 0 Å². The maximum atomic E-state index is 12.0. The van der Waals surface area contributed by atoms with Crippen molar-refractivity contribution >= 4 is 17.5 Å². The van der Waals surface area contributed by atoms with E-state index in [2.05, 4.69) is 15.8 Å². The second-order valence-corrected chi connectivity index (χ2v) is 5.76. The van der Waals surface area contributed by atoms with Crippen molar-refractivity contribution in [2.24, 2.45) is 5.16 Å². The largest absolute Gasteiger partial charge is 0.382 e. The molecule has 0 radical (unpaired) electrons. The highest BCUT2D eigenvalue weighted by Crippen LogP contribution is 2.18. The van der Waals surface area contributed by atoms with Gasteiger partial charge in [0.25, 0.3) is 5.91 Å². The minimum absolute atomic E-state index is 0.0188. The number of nitrogens with one attached hydrogen (secondary N) is 2. The van der Waals surface area contributed by atoms with Gasteiger partial charge in [0, 0.05) is 12.5 Å². The van der Waals surface area contributed by atoms with E-state index in [-0.39, 0.29) is 18.4 Å². The lowest BCUT2D eigenvalue weighted by Crippen LogP contribution is -2.42. The molecule has 0 saturated heterocycles. The quantitative estimate of drug-likeness (QED) is 0.847. The topological polar surface area (TPSA) is 79.8 Å². The third kappa shape index (κ3) is 3.63. The number of rotatable bonds is 5. The van der Waals surface area contributed by atoms with Gasteiger partial charge in [0.15, 0.2) is 0 Å². The zero-order valence-corrected chi connectivity index (χ0v) is 12.5. The molecular weight excluding hydrogens is 282 g/mol. The van der Waals surface area contributed by atoms with Crippen LogP contribution in [0.3, 0.4) is 0 Å². The fraction of sp³-hybridized carbons (Fsp3) is 0.438. The Hall–Kier alpha value is -2.37. The molecule has 1 aromatic carbocycles. The molecule has 1 unspecified atom stereocenters. The van der Waals surface area contributed by atoms with Gasteiger partial charge in [-0.25, -0.2) is 0 Å². The lowest BCUT2D eigenvalue weighted by atomic mass is 10.0. The number of nitrogens with zero attached hydrogens (tertiary/aromatic N) is 1. The maximum Gasteiger partial charge on any atom is 0.264 e. The highest BCUT2D eigenvalue weighted by molar-refractivity contribution is 6.04. The molecule has 1 heterocycles. The van der Waals surface area contributed by atoms with Gasteiger partial charge in [-0.1, -0.05) is 35.0 Å². The van der Waals surface area contributed by atoms with Crippen molar-refractivity contribution in [3.8, 4) is 0 Å². The van der Waals surface area contributed by atoms with Crippen LogP contribution in [-0.2, 0) is 14.4 Å². The first kappa shape index (κ1) is 14.6. The van der Waals surface area contributed by atoms with E-state index < -0.39 is 6.10 Å². The van der Waals surface area contributed by atoms with Crippen molar-refractivity contribution in [3.05, 3.63) is 35.4 Å². The first-order chi connectivity index (χ1) is 10.6. The van der Waals surface area contributed by atoms with Crippen molar-refractivity contribution in [1.82, 2.24) is 10.6 Å². The van der Waals surface area contributed by atoms with Crippen LogP contribution in [-0.4, -0.2) is 36.2 Å². The summed E-state index contributed by atoms with van der Waals surface area (Å²) in [6, 6.07) is 8.20. The van der Waals surface area contributed by atoms with Crippen LogP contribution in [0.15, 0.2) is 29.4 Å². The lowest BCUT2D eigenvalue weighted by molar-refractivity contribution is -0.133. The smallest absolute Gasteiger partial charge is 0.264 e.